The Balaban J connectivity index is 2.02. The van der Waals surface area contributed by atoms with Crippen LogP contribution < -0.4 is 4.57 Å². The van der Waals surface area contributed by atoms with Crippen molar-refractivity contribution in [3.63, 3.8) is 0 Å². The molecular formula is C19H18N3O3+. The Morgan fingerprint density at radius 3 is 2.60 bits per heavy atom. The number of nitro groups is 1. The van der Waals surface area contributed by atoms with Gasteiger partial charge in [0.05, 0.1) is 11.5 Å². The summed E-state index contributed by atoms with van der Waals surface area (Å²) < 4.78 is 3.97. The molecule has 1 aromatic heterocycles. The van der Waals surface area contributed by atoms with E-state index in [0.717, 1.165) is 12.1 Å². The number of rotatable bonds is 6. The van der Waals surface area contributed by atoms with Crippen molar-refractivity contribution in [3.05, 3.63) is 94.1 Å². The molecule has 0 aliphatic rings. The quantitative estimate of drug-likeness (QED) is 0.301. The van der Waals surface area contributed by atoms with E-state index in [1.54, 1.807) is 30.3 Å². The van der Waals surface area contributed by atoms with E-state index in [9.17, 15) is 14.9 Å². The molecule has 0 fully saturated rings. The summed E-state index contributed by atoms with van der Waals surface area (Å²) in [4.78, 5) is 23.5. The Bertz CT molecular complexity index is 917. The number of nitrogens with zero attached hydrogens (tertiary/aromatic N) is 3. The highest BCUT2D eigenvalue weighted by Crippen LogP contribution is 2.21. The lowest BCUT2D eigenvalue weighted by atomic mass is 9.97. The van der Waals surface area contributed by atoms with E-state index < -0.39 is 4.92 Å². The molecule has 0 amide bonds. The summed E-state index contributed by atoms with van der Waals surface area (Å²) in [6.45, 7) is 3.36. The zero-order chi connectivity index (χ0) is 17.8. The van der Waals surface area contributed by atoms with Gasteiger partial charge in [-0.25, -0.2) is 9.13 Å². The number of non-ortho nitro benzene ring substituents is 1. The van der Waals surface area contributed by atoms with Crippen molar-refractivity contribution < 1.29 is 14.3 Å². The Morgan fingerprint density at radius 1 is 1.20 bits per heavy atom. The Kier molecular flexibility index (Phi) is 4.70. The van der Waals surface area contributed by atoms with Crippen LogP contribution >= 0.6 is 0 Å². The predicted molar refractivity (Wildman–Crippen MR) is 92.4 cm³/mol. The number of ketones is 1. The molecule has 2 aromatic carbocycles. The second-order valence-electron chi connectivity index (χ2n) is 5.71. The number of aromatic nitrogens is 2. The van der Waals surface area contributed by atoms with Gasteiger partial charge in [0.1, 0.15) is 18.9 Å². The van der Waals surface area contributed by atoms with Crippen LogP contribution in [0.4, 0.5) is 5.69 Å². The third-order valence-electron chi connectivity index (χ3n) is 4.05. The van der Waals surface area contributed by atoms with Crippen molar-refractivity contribution in [2.24, 2.45) is 0 Å². The molecule has 6 nitrogen and oxygen atoms in total. The number of hydrogen-bond acceptors (Lipinski definition) is 3. The third kappa shape index (κ3) is 3.63. The average Bonchev–Trinajstić information content (AvgIpc) is 3.09. The fourth-order valence-electron chi connectivity index (χ4n) is 2.69. The van der Waals surface area contributed by atoms with Gasteiger partial charge in [-0.1, -0.05) is 30.3 Å². The molecule has 0 aliphatic carbocycles. The van der Waals surface area contributed by atoms with E-state index in [-0.39, 0.29) is 11.5 Å². The first-order valence-corrected chi connectivity index (χ1v) is 8.00. The largest absolute Gasteiger partial charge is 0.289 e. The van der Waals surface area contributed by atoms with Gasteiger partial charge in [-0.3, -0.25) is 14.9 Å². The van der Waals surface area contributed by atoms with Crippen LogP contribution in [-0.4, -0.2) is 15.3 Å². The minimum atomic E-state index is -0.480. The Hall–Kier alpha value is -3.28. The molecule has 3 aromatic rings. The molecule has 126 valence electrons. The number of benzene rings is 2. The lowest BCUT2D eigenvalue weighted by Crippen LogP contribution is -2.32. The van der Waals surface area contributed by atoms with Gasteiger partial charge in [-0.2, -0.15) is 0 Å². The number of carbonyl (C=O) groups excluding carboxylic acids is 1. The van der Waals surface area contributed by atoms with Gasteiger partial charge in [-0.05, 0) is 13.0 Å². The SMILES string of the molecule is CCn1cc[n+](Cc2ccc([N+](=O)[O-])cc2C(=O)c2ccccc2)c1. The normalized spacial score (nSPS) is 10.6. The topological polar surface area (TPSA) is 69.0 Å². The summed E-state index contributed by atoms with van der Waals surface area (Å²) in [5.41, 5.74) is 1.54. The summed E-state index contributed by atoms with van der Waals surface area (Å²) in [6.07, 6.45) is 5.81. The van der Waals surface area contributed by atoms with Gasteiger partial charge < -0.3 is 0 Å². The van der Waals surface area contributed by atoms with Crippen molar-refractivity contribution in [2.75, 3.05) is 0 Å². The predicted octanol–water partition coefficient (Wildman–Crippen LogP) is 2.98. The van der Waals surface area contributed by atoms with Crippen molar-refractivity contribution >= 4 is 11.5 Å². The van der Waals surface area contributed by atoms with Crippen LogP contribution in [0.3, 0.4) is 0 Å². The number of carbonyl (C=O) groups is 1. The zero-order valence-electron chi connectivity index (χ0n) is 13.8. The fraction of sp³-hybridized carbons (Fsp3) is 0.158. The number of hydrogen-bond donors (Lipinski definition) is 0. The second-order valence-corrected chi connectivity index (χ2v) is 5.71. The van der Waals surface area contributed by atoms with Crippen LogP contribution in [0.5, 0.6) is 0 Å². The van der Waals surface area contributed by atoms with Crippen molar-refractivity contribution in [2.45, 2.75) is 20.0 Å². The minimum Gasteiger partial charge on any atom is -0.289 e. The summed E-state index contributed by atoms with van der Waals surface area (Å²) in [6, 6.07) is 13.3. The van der Waals surface area contributed by atoms with Gasteiger partial charge >= 0.3 is 0 Å². The van der Waals surface area contributed by atoms with E-state index in [0.29, 0.717) is 17.7 Å². The highest BCUT2D eigenvalue weighted by Gasteiger charge is 2.19. The molecular weight excluding hydrogens is 318 g/mol. The molecule has 0 radical (unpaired) electrons. The Morgan fingerprint density at radius 2 is 1.96 bits per heavy atom. The number of aryl methyl sites for hydroxylation is 1. The van der Waals surface area contributed by atoms with Crippen LogP contribution in [0.1, 0.15) is 28.4 Å². The van der Waals surface area contributed by atoms with Crippen LogP contribution in [0.25, 0.3) is 0 Å². The molecule has 0 N–H and O–H groups in total. The zero-order valence-corrected chi connectivity index (χ0v) is 13.8. The molecule has 25 heavy (non-hydrogen) atoms. The minimum absolute atomic E-state index is 0.0841. The summed E-state index contributed by atoms with van der Waals surface area (Å²) in [5.74, 6) is -0.213. The molecule has 0 spiro atoms. The monoisotopic (exact) mass is 336 g/mol. The summed E-state index contributed by atoms with van der Waals surface area (Å²) in [5, 5.41) is 11.1. The summed E-state index contributed by atoms with van der Waals surface area (Å²) in [7, 11) is 0. The standard InChI is InChI=1S/C19H18N3O3/c1-2-20-10-11-21(14-20)13-16-8-9-17(22(24)25)12-18(16)19(23)15-6-4-3-5-7-15/h3-12,14H,2,13H2,1H3/q+1. The molecule has 0 unspecified atom stereocenters. The second kappa shape index (κ2) is 7.09. The van der Waals surface area contributed by atoms with Gasteiger partial charge in [0, 0.05) is 28.8 Å². The highest BCUT2D eigenvalue weighted by atomic mass is 16.6. The van der Waals surface area contributed by atoms with Crippen molar-refractivity contribution in [1.82, 2.24) is 4.57 Å². The van der Waals surface area contributed by atoms with E-state index in [1.807, 2.05) is 40.8 Å². The van der Waals surface area contributed by atoms with Gasteiger partial charge in [-0.15, -0.1) is 0 Å². The van der Waals surface area contributed by atoms with Gasteiger partial charge in [0.2, 0.25) is 6.33 Å². The Labute approximate surface area is 145 Å². The van der Waals surface area contributed by atoms with E-state index >= 15 is 0 Å². The number of nitro benzene ring substituents is 1. The van der Waals surface area contributed by atoms with Gasteiger partial charge in [0.15, 0.2) is 5.78 Å². The van der Waals surface area contributed by atoms with Crippen molar-refractivity contribution in [1.29, 1.82) is 0 Å². The van der Waals surface area contributed by atoms with Gasteiger partial charge in [0.25, 0.3) is 5.69 Å². The molecule has 1 heterocycles. The van der Waals surface area contributed by atoms with Crippen molar-refractivity contribution in [3.8, 4) is 0 Å². The molecule has 0 atom stereocenters. The molecule has 3 rings (SSSR count). The van der Waals surface area contributed by atoms with Crippen LogP contribution in [0.15, 0.2) is 67.3 Å². The maximum absolute atomic E-state index is 12.9. The fourth-order valence-corrected chi connectivity index (χ4v) is 2.69. The molecule has 0 saturated carbocycles. The van der Waals surface area contributed by atoms with E-state index in [4.69, 9.17) is 0 Å². The maximum atomic E-state index is 12.9. The first-order valence-electron chi connectivity index (χ1n) is 8.00. The first-order chi connectivity index (χ1) is 12.1. The van der Waals surface area contributed by atoms with E-state index in [1.165, 1.54) is 12.1 Å². The first kappa shape index (κ1) is 16.6. The third-order valence-corrected chi connectivity index (χ3v) is 4.05. The maximum Gasteiger partial charge on any atom is 0.270 e. The lowest BCUT2D eigenvalue weighted by Gasteiger charge is -2.07. The molecule has 0 saturated heterocycles. The smallest absolute Gasteiger partial charge is 0.270 e. The van der Waals surface area contributed by atoms with Crippen LogP contribution in [0.2, 0.25) is 0 Å². The van der Waals surface area contributed by atoms with Crippen LogP contribution in [-0.2, 0) is 13.1 Å². The average molecular weight is 336 g/mol. The molecule has 0 aliphatic heterocycles. The lowest BCUT2D eigenvalue weighted by molar-refractivity contribution is -0.687. The molecule has 0 bridgehead atoms. The van der Waals surface area contributed by atoms with E-state index in [2.05, 4.69) is 0 Å². The summed E-state index contributed by atoms with van der Waals surface area (Å²) >= 11 is 0. The highest BCUT2D eigenvalue weighted by molar-refractivity contribution is 6.10. The van der Waals surface area contributed by atoms with Crippen LogP contribution in [0, 0.1) is 10.1 Å². The molecule has 6 heteroatoms. The number of imidazole rings is 1.